The van der Waals surface area contributed by atoms with Crippen molar-refractivity contribution in [1.29, 1.82) is 0 Å². The number of aliphatic hydroxyl groups is 1. The standard InChI is InChI=1S/C17H18O2.C6H5OP/c1-11-9-12(2)15(13(3)10-11)17(19)16(18)14-7-5-4-6-8-14;7-8-6-4-2-1-3-5-6/h4-10,17,19H,1-3H3;1-5H. The van der Waals surface area contributed by atoms with Crippen LogP contribution < -0.4 is 5.30 Å². The zero-order valence-electron chi connectivity index (χ0n) is 15.7. The summed E-state index contributed by atoms with van der Waals surface area (Å²) in [5, 5.41) is 11.2. The Bertz CT molecular complexity index is 882. The average Bonchev–Trinajstić information content (AvgIpc) is 2.68. The summed E-state index contributed by atoms with van der Waals surface area (Å²) in [4.78, 5) is 12.3. The Morgan fingerprint density at radius 3 is 1.78 bits per heavy atom. The van der Waals surface area contributed by atoms with Gasteiger partial charge in [-0.25, -0.2) is 0 Å². The summed E-state index contributed by atoms with van der Waals surface area (Å²) in [7, 11) is 0.0994. The molecule has 0 radical (unpaired) electrons. The molecule has 4 heteroatoms. The van der Waals surface area contributed by atoms with Gasteiger partial charge in [0.2, 0.25) is 0 Å². The van der Waals surface area contributed by atoms with E-state index in [0.717, 1.165) is 27.6 Å². The normalized spacial score (nSPS) is 11.4. The molecule has 0 aliphatic rings. The van der Waals surface area contributed by atoms with Crippen molar-refractivity contribution < 1.29 is 14.5 Å². The van der Waals surface area contributed by atoms with Gasteiger partial charge in [-0.2, -0.15) is 0 Å². The van der Waals surface area contributed by atoms with Crippen molar-refractivity contribution in [2.75, 3.05) is 0 Å². The van der Waals surface area contributed by atoms with Crippen LogP contribution in [0.1, 0.15) is 38.7 Å². The average molecular weight is 378 g/mol. The molecule has 0 saturated heterocycles. The van der Waals surface area contributed by atoms with Crippen molar-refractivity contribution in [3.63, 3.8) is 0 Å². The lowest BCUT2D eigenvalue weighted by Crippen LogP contribution is -2.15. The van der Waals surface area contributed by atoms with Gasteiger partial charge in [-0.1, -0.05) is 66.2 Å². The van der Waals surface area contributed by atoms with E-state index in [-0.39, 0.29) is 14.2 Å². The number of aliphatic hydroxyl groups excluding tert-OH is 1. The minimum Gasteiger partial charge on any atom is -0.380 e. The smallest absolute Gasteiger partial charge is 0.195 e. The van der Waals surface area contributed by atoms with E-state index >= 15 is 0 Å². The van der Waals surface area contributed by atoms with E-state index < -0.39 is 6.10 Å². The molecule has 0 aromatic heterocycles. The third-order valence-electron chi connectivity index (χ3n) is 4.18. The first kappa shape index (κ1) is 20.7. The summed E-state index contributed by atoms with van der Waals surface area (Å²) in [5.41, 5.74) is 4.30. The van der Waals surface area contributed by atoms with Gasteiger partial charge in [0.15, 0.2) is 14.2 Å². The summed E-state index contributed by atoms with van der Waals surface area (Å²) >= 11 is 0. The number of aryl methyl sites for hydroxylation is 3. The van der Waals surface area contributed by atoms with E-state index in [4.69, 9.17) is 0 Å². The Kier molecular flexibility index (Phi) is 7.60. The third-order valence-corrected chi connectivity index (χ3v) is 4.69. The van der Waals surface area contributed by atoms with Gasteiger partial charge in [0.1, 0.15) is 6.10 Å². The number of benzene rings is 3. The molecule has 3 rings (SSSR count). The zero-order chi connectivity index (χ0) is 19.8. The number of carbonyl (C=O) groups excluding carboxylic acids is 1. The summed E-state index contributed by atoms with van der Waals surface area (Å²) in [6, 6.07) is 22.1. The van der Waals surface area contributed by atoms with E-state index in [2.05, 4.69) is 0 Å². The number of hydrogen-bond acceptors (Lipinski definition) is 3. The van der Waals surface area contributed by atoms with Crippen molar-refractivity contribution in [1.82, 2.24) is 0 Å². The van der Waals surface area contributed by atoms with Gasteiger partial charge in [-0.3, -0.25) is 9.36 Å². The number of hydrogen-bond donors (Lipinski definition) is 1. The first-order valence-electron chi connectivity index (χ1n) is 8.67. The molecule has 0 saturated carbocycles. The number of carbonyl (C=O) groups is 1. The van der Waals surface area contributed by atoms with E-state index in [1.807, 2.05) is 69.3 Å². The largest absolute Gasteiger partial charge is 0.380 e. The van der Waals surface area contributed by atoms with E-state index in [1.54, 1.807) is 24.3 Å². The molecule has 3 aromatic rings. The number of rotatable bonds is 4. The summed E-state index contributed by atoms with van der Waals surface area (Å²) < 4.78 is 10.1. The summed E-state index contributed by atoms with van der Waals surface area (Å²) in [5.74, 6) is -0.254. The quantitative estimate of drug-likeness (QED) is 0.506. The topological polar surface area (TPSA) is 54.4 Å². The van der Waals surface area contributed by atoms with Gasteiger partial charge in [-0.15, -0.1) is 0 Å². The van der Waals surface area contributed by atoms with Crippen LogP contribution in [0.5, 0.6) is 0 Å². The molecular formula is C23H23O3P. The minimum absolute atomic E-state index is 0.0994. The molecule has 3 aromatic carbocycles. The highest BCUT2D eigenvalue weighted by Gasteiger charge is 2.22. The fourth-order valence-electron chi connectivity index (χ4n) is 3.00. The molecule has 1 atom stereocenters. The molecule has 0 amide bonds. The molecule has 3 nitrogen and oxygen atoms in total. The summed E-state index contributed by atoms with van der Waals surface area (Å²) in [6.45, 7) is 5.86. The second kappa shape index (κ2) is 9.91. The minimum atomic E-state index is -1.09. The van der Waals surface area contributed by atoms with Gasteiger partial charge in [-0.05, 0) is 49.6 Å². The summed E-state index contributed by atoms with van der Waals surface area (Å²) in [6.07, 6.45) is -1.09. The predicted molar refractivity (Wildman–Crippen MR) is 110 cm³/mol. The highest BCUT2D eigenvalue weighted by molar-refractivity contribution is 7.34. The van der Waals surface area contributed by atoms with Crippen molar-refractivity contribution in [2.45, 2.75) is 26.9 Å². The number of ketones is 1. The molecule has 0 heterocycles. The Hall–Kier alpha value is -2.61. The molecule has 138 valence electrons. The fourth-order valence-corrected chi connectivity index (χ4v) is 3.30. The van der Waals surface area contributed by atoms with Crippen LogP contribution in [0.4, 0.5) is 0 Å². The van der Waals surface area contributed by atoms with Crippen LogP contribution in [-0.2, 0) is 4.57 Å². The van der Waals surface area contributed by atoms with Crippen LogP contribution in [-0.4, -0.2) is 10.9 Å². The van der Waals surface area contributed by atoms with Crippen molar-refractivity contribution in [3.8, 4) is 0 Å². The Morgan fingerprint density at radius 2 is 1.33 bits per heavy atom. The van der Waals surface area contributed by atoms with Gasteiger partial charge < -0.3 is 5.11 Å². The van der Waals surface area contributed by atoms with Crippen LogP contribution in [0.25, 0.3) is 0 Å². The van der Waals surface area contributed by atoms with E-state index in [0.29, 0.717) is 5.56 Å². The second-order valence-corrected chi connectivity index (χ2v) is 7.07. The third kappa shape index (κ3) is 5.68. The Morgan fingerprint density at radius 1 is 0.852 bits per heavy atom. The molecule has 27 heavy (non-hydrogen) atoms. The van der Waals surface area contributed by atoms with Gasteiger partial charge in [0.05, 0.1) is 0 Å². The zero-order valence-corrected chi connectivity index (χ0v) is 16.6. The van der Waals surface area contributed by atoms with Gasteiger partial charge in [0.25, 0.3) is 0 Å². The molecule has 1 N–H and O–H groups in total. The van der Waals surface area contributed by atoms with Crippen LogP contribution in [0, 0.1) is 20.8 Å². The predicted octanol–water partition coefficient (Wildman–Crippen LogP) is 5.13. The lowest BCUT2D eigenvalue weighted by atomic mass is 9.91. The van der Waals surface area contributed by atoms with Gasteiger partial charge >= 0.3 is 0 Å². The Balaban J connectivity index is 0.000000273. The molecule has 0 fully saturated rings. The van der Waals surface area contributed by atoms with E-state index in [9.17, 15) is 14.5 Å². The maximum absolute atomic E-state index is 12.3. The molecule has 1 unspecified atom stereocenters. The fraction of sp³-hybridized carbons (Fsp3) is 0.174. The highest BCUT2D eigenvalue weighted by atomic mass is 31.1. The van der Waals surface area contributed by atoms with Crippen LogP contribution in [0.3, 0.4) is 0 Å². The molecule has 0 spiro atoms. The molecular weight excluding hydrogens is 355 g/mol. The monoisotopic (exact) mass is 378 g/mol. The van der Waals surface area contributed by atoms with Crippen LogP contribution in [0.2, 0.25) is 0 Å². The Labute approximate surface area is 161 Å². The SMILES string of the molecule is Cc1cc(C)c(C(O)C(=O)c2ccccc2)c(C)c1.O=Pc1ccccc1. The lowest BCUT2D eigenvalue weighted by Gasteiger charge is -2.16. The van der Waals surface area contributed by atoms with Crippen molar-refractivity contribution >= 4 is 19.5 Å². The van der Waals surface area contributed by atoms with Crippen LogP contribution in [0.15, 0.2) is 72.8 Å². The number of Topliss-reactive ketones (excluding diaryl/α,β-unsaturated/α-hetero) is 1. The molecule has 0 aliphatic heterocycles. The first-order chi connectivity index (χ1) is 12.9. The van der Waals surface area contributed by atoms with E-state index in [1.165, 1.54) is 0 Å². The van der Waals surface area contributed by atoms with Crippen molar-refractivity contribution in [3.05, 3.63) is 101 Å². The molecule has 0 aliphatic carbocycles. The first-order valence-corrected chi connectivity index (χ1v) is 9.48. The lowest BCUT2D eigenvalue weighted by molar-refractivity contribution is 0.0745. The molecule has 0 bridgehead atoms. The second-order valence-electron chi connectivity index (χ2n) is 6.37. The maximum atomic E-state index is 12.3. The van der Waals surface area contributed by atoms with Crippen LogP contribution >= 0.6 is 8.46 Å². The van der Waals surface area contributed by atoms with Crippen molar-refractivity contribution in [2.24, 2.45) is 0 Å². The highest BCUT2D eigenvalue weighted by Crippen LogP contribution is 2.26. The maximum Gasteiger partial charge on any atom is 0.195 e. The van der Waals surface area contributed by atoms with Gasteiger partial charge in [0, 0.05) is 10.9 Å².